The highest BCUT2D eigenvalue weighted by molar-refractivity contribution is 6.29. The topological polar surface area (TPSA) is 33.2 Å². The molecule has 1 aromatic heterocycles. The summed E-state index contributed by atoms with van der Waals surface area (Å²) in [5, 5.41) is 0.386. The number of aryl methyl sites for hydroxylation is 1. The van der Waals surface area contributed by atoms with Crippen molar-refractivity contribution in [3.8, 4) is 0 Å². The van der Waals surface area contributed by atoms with Crippen LogP contribution in [0.5, 0.6) is 0 Å². The van der Waals surface area contributed by atoms with Gasteiger partial charge in [-0.2, -0.15) is 0 Å². The van der Waals surface area contributed by atoms with Gasteiger partial charge < -0.3 is 4.90 Å². The van der Waals surface area contributed by atoms with Crippen LogP contribution in [-0.4, -0.2) is 29.4 Å². The lowest BCUT2D eigenvalue weighted by atomic mass is 10.2. The fourth-order valence-electron chi connectivity index (χ4n) is 1.57. The highest BCUT2D eigenvalue weighted by Crippen LogP contribution is 2.13. The largest absolute Gasteiger partial charge is 0.342 e. The van der Waals surface area contributed by atoms with Crippen LogP contribution in [0, 0.1) is 0 Å². The molecular weight excluding hydrogens is 236 g/mol. The summed E-state index contributed by atoms with van der Waals surface area (Å²) in [6.07, 6.45) is 2.87. The standard InChI is InChI=1S/C13H19ClN2O/c1-4-6-7-16(3)13(17)10-8-11(5-2)15-12(14)9-10/h8-9H,4-7H2,1-3H3. The van der Waals surface area contributed by atoms with E-state index in [9.17, 15) is 4.79 Å². The van der Waals surface area contributed by atoms with Gasteiger partial charge in [-0.25, -0.2) is 4.98 Å². The van der Waals surface area contributed by atoms with Crippen molar-refractivity contribution in [1.29, 1.82) is 0 Å². The molecule has 17 heavy (non-hydrogen) atoms. The smallest absolute Gasteiger partial charge is 0.253 e. The van der Waals surface area contributed by atoms with Crippen molar-refractivity contribution < 1.29 is 4.79 Å². The molecule has 0 fully saturated rings. The number of halogens is 1. The van der Waals surface area contributed by atoms with Crippen molar-refractivity contribution in [2.75, 3.05) is 13.6 Å². The number of amides is 1. The summed E-state index contributed by atoms with van der Waals surface area (Å²) in [5.41, 5.74) is 1.48. The zero-order chi connectivity index (χ0) is 12.8. The Morgan fingerprint density at radius 2 is 2.12 bits per heavy atom. The van der Waals surface area contributed by atoms with Gasteiger partial charge in [0.2, 0.25) is 0 Å². The summed E-state index contributed by atoms with van der Waals surface area (Å²) in [6.45, 7) is 4.88. The summed E-state index contributed by atoms with van der Waals surface area (Å²) in [7, 11) is 1.82. The fraction of sp³-hybridized carbons (Fsp3) is 0.538. The molecule has 0 spiro atoms. The van der Waals surface area contributed by atoms with Crippen molar-refractivity contribution >= 4 is 17.5 Å². The molecular formula is C13H19ClN2O. The zero-order valence-corrected chi connectivity index (χ0v) is 11.4. The number of aromatic nitrogens is 1. The Balaban J connectivity index is 2.84. The summed E-state index contributed by atoms with van der Waals surface area (Å²) in [4.78, 5) is 18.0. The number of unbranched alkanes of at least 4 members (excludes halogenated alkanes) is 1. The number of pyridine rings is 1. The maximum absolute atomic E-state index is 12.1. The SMILES string of the molecule is CCCCN(C)C(=O)c1cc(Cl)nc(CC)c1. The summed E-state index contributed by atoms with van der Waals surface area (Å²) >= 11 is 5.90. The number of nitrogens with zero attached hydrogens (tertiary/aromatic N) is 2. The number of hydrogen-bond donors (Lipinski definition) is 0. The predicted octanol–water partition coefficient (Wildman–Crippen LogP) is 3.17. The molecule has 0 atom stereocenters. The van der Waals surface area contributed by atoms with Crippen molar-refractivity contribution in [3.63, 3.8) is 0 Å². The van der Waals surface area contributed by atoms with Gasteiger partial charge in [-0.15, -0.1) is 0 Å². The number of rotatable bonds is 5. The Kier molecular flexibility index (Phi) is 5.42. The van der Waals surface area contributed by atoms with Crippen molar-refractivity contribution in [2.45, 2.75) is 33.1 Å². The first-order chi connectivity index (χ1) is 8.08. The molecule has 94 valence electrons. The van der Waals surface area contributed by atoms with Gasteiger partial charge in [-0.3, -0.25) is 4.79 Å². The molecule has 3 nitrogen and oxygen atoms in total. The van der Waals surface area contributed by atoms with Crippen LogP contribution >= 0.6 is 11.6 Å². The van der Waals surface area contributed by atoms with E-state index in [1.807, 2.05) is 20.0 Å². The number of hydrogen-bond acceptors (Lipinski definition) is 2. The van der Waals surface area contributed by atoms with Crippen molar-refractivity contribution in [3.05, 3.63) is 28.5 Å². The molecule has 1 amide bonds. The van der Waals surface area contributed by atoms with E-state index in [1.165, 1.54) is 0 Å². The van der Waals surface area contributed by atoms with Gasteiger partial charge in [0.15, 0.2) is 0 Å². The van der Waals surface area contributed by atoms with Gasteiger partial charge in [-0.05, 0) is 25.0 Å². The maximum Gasteiger partial charge on any atom is 0.253 e. The van der Waals surface area contributed by atoms with Crippen molar-refractivity contribution in [1.82, 2.24) is 9.88 Å². The van der Waals surface area contributed by atoms with E-state index in [1.54, 1.807) is 11.0 Å². The molecule has 1 rings (SSSR count). The van der Waals surface area contributed by atoms with Crippen molar-refractivity contribution in [2.24, 2.45) is 0 Å². The maximum atomic E-state index is 12.1. The summed E-state index contributed by atoms with van der Waals surface area (Å²) in [5.74, 6) is 0.0115. The summed E-state index contributed by atoms with van der Waals surface area (Å²) < 4.78 is 0. The minimum atomic E-state index is 0.0115. The van der Waals surface area contributed by atoms with E-state index in [0.29, 0.717) is 10.7 Å². The van der Waals surface area contributed by atoms with Crippen LogP contribution in [-0.2, 0) is 6.42 Å². The molecule has 0 saturated carbocycles. The van der Waals surface area contributed by atoms with E-state index >= 15 is 0 Å². The average molecular weight is 255 g/mol. The Bertz CT molecular complexity index is 393. The first kappa shape index (κ1) is 14.0. The molecule has 0 unspecified atom stereocenters. The molecule has 0 N–H and O–H groups in total. The molecule has 0 aromatic carbocycles. The molecule has 0 saturated heterocycles. The second-order valence-electron chi connectivity index (χ2n) is 4.10. The molecule has 0 aliphatic carbocycles. The first-order valence-electron chi connectivity index (χ1n) is 6.00. The molecule has 1 heterocycles. The summed E-state index contributed by atoms with van der Waals surface area (Å²) in [6, 6.07) is 3.45. The minimum absolute atomic E-state index is 0.0115. The van der Waals surface area contributed by atoms with E-state index in [4.69, 9.17) is 11.6 Å². The molecule has 4 heteroatoms. The van der Waals surface area contributed by atoms with Crippen LogP contribution in [0.1, 0.15) is 42.7 Å². The monoisotopic (exact) mass is 254 g/mol. The van der Waals surface area contributed by atoms with Gasteiger partial charge in [0.05, 0.1) is 0 Å². The molecule has 0 aliphatic rings. The normalized spacial score (nSPS) is 10.4. The van der Waals surface area contributed by atoms with E-state index in [0.717, 1.165) is 31.5 Å². The Morgan fingerprint density at radius 1 is 1.41 bits per heavy atom. The Labute approximate surface area is 108 Å². The van der Waals surface area contributed by atoms with Crippen LogP contribution in [0.25, 0.3) is 0 Å². The fourth-order valence-corrected chi connectivity index (χ4v) is 1.80. The average Bonchev–Trinajstić information content (AvgIpc) is 2.34. The zero-order valence-electron chi connectivity index (χ0n) is 10.7. The van der Waals surface area contributed by atoms with Crippen LogP contribution in [0.4, 0.5) is 0 Å². The number of carbonyl (C=O) groups is 1. The van der Waals surface area contributed by atoms with E-state index in [-0.39, 0.29) is 5.91 Å². The number of carbonyl (C=O) groups excluding carboxylic acids is 1. The third kappa shape index (κ3) is 4.00. The van der Waals surface area contributed by atoms with Gasteiger partial charge >= 0.3 is 0 Å². The lowest BCUT2D eigenvalue weighted by Crippen LogP contribution is -2.27. The highest BCUT2D eigenvalue weighted by Gasteiger charge is 2.13. The second-order valence-corrected chi connectivity index (χ2v) is 4.49. The van der Waals surface area contributed by atoms with Gasteiger partial charge in [0, 0.05) is 24.8 Å². The van der Waals surface area contributed by atoms with E-state index < -0.39 is 0 Å². The third-order valence-corrected chi connectivity index (χ3v) is 2.84. The Hall–Kier alpha value is -1.09. The predicted molar refractivity (Wildman–Crippen MR) is 70.5 cm³/mol. The molecule has 0 aliphatic heterocycles. The van der Waals surface area contributed by atoms with Crippen LogP contribution in [0.15, 0.2) is 12.1 Å². The lowest BCUT2D eigenvalue weighted by Gasteiger charge is -2.17. The van der Waals surface area contributed by atoms with Crippen LogP contribution in [0.3, 0.4) is 0 Å². The minimum Gasteiger partial charge on any atom is -0.342 e. The highest BCUT2D eigenvalue weighted by atomic mass is 35.5. The third-order valence-electron chi connectivity index (χ3n) is 2.65. The lowest BCUT2D eigenvalue weighted by molar-refractivity contribution is 0.0793. The molecule has 0 bridgehead atoms. The molecule has 0 radical (unpaired) electrons. The van der Waals surface area contributed by atoms with Crippen LogP contribution < -0.4 is 0 Å². The quantitative estimate of drug-likeness (QED) is 0.757. The van der Waals surface area contributed by atoms with Gasteiger partial charge in [0.25, 0.3) is 5.91 Å². The van der Waals surface area contributed by atoms with E-state index in [2.05, 4.69) is 11.9 Å². The first-order valence-corrected chi connectivity index (χ1v) is 6.38. The van der Waals surface area contributed by atoms with Gasteiger partial charge in [-0.1, -0.05) is 31.9 Å². The second kappa shape index (κ2) is 6.60. The Morgan fingerprint density at radius 3 is 2.71 bits per heavy atom. The van der Waals surface area contributed by atoms with Crippen LogP contribution in [0.2, 0.25) is 5.15 Å². The van der Waals surface area contributed by atoms with Gasteiger partial charge in [0.1, 0.15) is 5.15 Å². The molecule has 1 aromatic rings.